The van der Waals surface area contributed by atoms with Crippen LogP contribution in [0.3, 0.4) is 0 Å². The number of rotatable bonds is 5. The molecule has 0 N–H and O–H groups in total. The number of hydrogen-bond donors (Lipinski definition) is 0. The van der Waals surface area contributed by atoms with Gasteiger partial charge in [-0.25, -0.2) is 0 Å². The first-order valence-corrected chi connectivity index (χ1v) is 6.26. The molecule has 0 bridgehead atoms. The van der Waals surface area contributed by atoms with Gasteiger partial charge in [0.2, 0.25) is 0 Å². The summed E-state index contributed by atoms with van der Waals surface area (Å²) in [5.74, 6) is -0.458. The van der Waals surface area contributed by atoms with E-state index in [1.165, 1.54) is 5.56 Å². The van der Waals surface area contributed by atoms with Gasteiger partial charge in [-0.3, -0.25) is 0 Å². The molecule has 0 saturated carbocycles. The molecular weight excluding hydrogens is 228 g/mol. The molecule has 0 unspecified atom stereocenters. The minimum absolute atomic E-state index is 0.0420. The Morgan fingerprint density at radius 3 is 2.78 bits per heavy atom. The molecule has 1 aliphatic rings. The summed E-state index contributed by atoms with van der Waals surface area (Å²) in [6, 6.07) is 10.1. The highest BCUT2D eigenvalue weighted by Crippen LogP contribution is 2.22. The van der Waals surface area contributed by atoms with E-state index >= 15 is 0 Å². The maximum absolute atomic E-state index is 5.65. The maximum atomic E-state index is 5.65. The summed E-state index contributed by atoms with van der Waals surface area (Å²) in [6.45, 7) is 5.69. The molecule has 2 rings (SSSR count). The van der Waals surface area contributed by atoms with E-state index in [1.54, 1.807) is 0 Å². The summed E-state index contributed by atoms with van der Waals surface area (Å²) in [4.78, 5) is 0. The smallest absolute Gasteiger partial charge is 0.163 e. The summed E-state index contributed by atoms with van der Waals surface area (Å²) in [5.41, 5.74) is 1.19. The van der Waals surface area contributed by atoms with E-state index in [9.17, 15) is 0 Å². The molecule has 0 aliphatic carbocycles. The van der Waals surface area contributed by atoms with Gasteiger partial charge in [-0.2, -0.15) is 0 Å². The largest absolute Gasteiger partial charge is 0.373 e. The van der Waals surface area contributed by atoms with E-state index in [0.717, 1.165) is 0 Å². The van der Waals surface area contributed by atoms with E-state index in [4.69, 9.17) is 14.2 Å². The van der Waals surface area contributed by atoms with E-state index < -0.39 is 5.79 Å². The Morgan fingerprint density at radius 2 is 2.11 bits per heavy atom. The lowest BCUT2D eigenvalue weighted by Crippen LogP contribution is -2.20. The van der Waals surface area contributed by atoms with E-state index in [2.05, 4.69) is 12.1 Å². The molecule has 98 valence electrons. The normalized spacial score (nSPS) is 22.7. The quantitative estimate of drug-likeness (QED) is 0.592. The standard InChI is InChI=1S/C15H20O3/c1-15(2)17-12-14(18-15)9-6-10-16-11-13-7-4-3-5-8-13/h3-9,14H,10-12H2,1-2H3/b9-6+/t14-/m0/s1. The molecule has 18 heavy (non-hydrogen) atoms. The number of ether oxygens (including phenoxy) is 3. The van der Waals surface area contributed by atoms with Gasteiger partial charge in [0.05, 0.1) is 19.8 Å². The Balaban J connectivity index is 1.64. The fourth-order valence-corrected chi connectivity index (χ4v) is 1.84. The van der Waals surface area contributed by atoms with Gasteiger partial charge in [-0.15, -0.1) is 0 Å². The van der Waals surface area contributed by atoms with Crippen LogP contribution in [-0.4, -0.2) is 25.1 Å². The topological polar surface area (TPSA) is 27.7 Å². The summed E-state index contributed by atoms with van der Waals surface area (Å²) in [7, 11) is 0. The fraction of sp³-hybridized carbons (Fsp3) is 0.467. The van der Waals surface area contributed by atoms with Crippen molar-refractivity contribution in [2.75, 3.05) is 13.2 Å². The van der Waals surface area contributed by atoms with Crippen molar-refractivity contribution in [2.24, 2.45) is 0 Å². The zero-order valence-corrected chi connectivity index (χ0v) is 11.0. The van der Waals surface area contributed by atoms with Crippen molar-refractivity contribution in [3.63, 3.8) is 0 Å². The average Bonchev–Trinajstić information content (AvgIpc) is 2.70. The summed E-state index contributed by atoms with van der Waals surface area (Å²) in [6.07, 6.45) is 4.03. The minimum atomic E-state index is -0.458. The molecule has 1 saturated heterocycles. The number of hydrogen-bond acceptors (Lipinski definition) is 3. The van der Waals surface area contributed by atoms with E-state index in [0.29, 0.717) is 19.8 Å². The Hall–Kier alpha value is -1.16. The third-order valence-corrected chi connectivity index (χ3v) is 2.71. The van der Waals surface area contributed by atoms with Gasteiger partial charge >= 0.3 is 0 Å². The van der Waals surface area contributed by atoms with Crippen molar-refractivity contribution in [1.82, 2.24) is 0 Å². The molecule has 1 heterocycles. The third-order valence-electron chi connectivity index (χ3n) is 2.71. The van der Waals surface area contributed by atoms with Crippen LogP contribution in [0.4, 0.5) is 0 Å². The minimum Gasteiger partial charge on any atom is -0.373 e. The molecule has 0 aromatic heterocycles. The molecular formula is C15H20O3. The molecule has 1 atom stereocenters. The molecule has 3 nitrogen and oxygen atoms in total. The van der Waals surface area contributed by atoms with Crippen LogP contribution in [0, 0.1) is 0 Å². The monoisotopic (exact) mass is 248 g/mol. The van der Waals surface area contributed by atoms with Crippen LogP contribution < -0.4 is 0 Å². The van der Waals surface area contributed by atoms with Gasteiger partial charge in [0.25, 0.3) is 0 Å². The van der Waals surface area contributed by atoms with Crippen LogP contribution in [-0.2, 0) is 20.8 Å². The Bertz CT molecular complexity index is 384. The van der Waals surface area contributed by atoms with Crippen LogP contribution >= 0.6 is 0 Å². The molecule has 1 aliphatic heterocycles. The predicted octanol–water partition coefficient (Wildman–Crippen LogP) is 2.91. The highest BCUT2D eigenvalue weighted by molar-refractivity contribution is 5.13. The number of benzene rings is 1. The van der Waals surface area contributed by atoms with Crippen LogP contribution in [0.2, 0.25) is 0 Å². The Morgan fingerprint density at radius 1 is 1.33 bits per heavy atom. The fourth-order valence-electron chi connectivity index (χ4n) is 1.84. The summed E-state index contributed by atoms with van der Waals surface area (Å²) in [5, 5.41) is 0. The van der Waals surface area contributed by atoms with Crippen molar-refractivity contribution < 1.29 is 14.2 Å². The first kappa shape index (κ1) is 13.3. The molecule has 0 amide bonds. The van der Waals surface area contributed by atoms with Crippen molar-refractivity contribution in [3.8, 4) is 0 Å². The van der Waals surface area contributed by atoms with Gasteiger partial charge in [-0.1, -0.05) is 42.5 Å². The van der Waals surface area contributed by atoms with E-state index in [1.807, 2.05) is 44.2 Å². The van der Waals surface area contributed by atoms with Gasteiger partial charge in [0, 0.05) is 0 Å². The zero-order chi connectivity index (χ0) is 12.8. The second-order valence-corrected chi connectivity index (χ2v) is 4.80. The second kappa shape index (κ2) is 6.14. The lowest BCUT2D eigenvalue weighted by atomic mass is 10.2. The van der Waals surface area contributed by atoms with Crippen LogP contribution in [0.25, 0.3) is 0 Å². The van der Waals surface area contributed by atoms with Crippen molar-refractivity contribution >= 4 is 0 Å². The first-order valence-electron chi connectivity index (χ1n) is 6.26. The third kappa shape index (κ3) is 4.26. The molecule has 1 fully saturated rings. The first-order chi connectivity index (χ1) is 8.66. The lowest BCUT2D eigenvalue weighted by molar-refractivity contribution is -0.133. The molecule has 3 heteroatoms. The van der Waals surface area contributed by atoms with Gasteiger partial charge < -0.3 is 14.2 Å². The van der Waals surface area contributed by atoms with E-state index in [-0.39, 0.29) is 6.10 Å². The zero-order valence-electron chi connectivity index (χ0n) is 11.0. The lowest BCUT2D eigenvalue weighted by Gasteiger charge is -2.15. The van der Waals surface area contributed by atoms with Gasteiger partial charge in [-0.05, 0) is 19.4 Å². The molecule has 0 radical (unpaired) electrons. The molecule has 1 aromatic rings. The second-order valence-electron chi connectivity index (χ2n) is 4.80. The van der Waals surface area contributed by atoms with Crippen molar-refractivity contribution in [2.45, 2.75) is 32.3 Å². The maximum Gasteiger partial charge on any atom is 0.163 e. The molecule has 0 spiro atoms. The Kier molecular flexibility index (Phi) is 4.53. The van der Waals surface area contributed by atoms with Gasteiger partial charge in [0.1, 0.15) is 6.10 Å². The molecule has 1 aromatic carbocycles. The van der Waals surface area contributed by atoms with Crippen LogP contribution in [0.5, 0.6) is 0 Å². The van der Waals surface area contributed by atoms with Crippen molar-refractivity contribution in [1.29, 1.82) is 0 Å². The van der Waals surface area contributed by atoms with Crippen LogP contribution in [0.15, 0.2) is 42.5 Å². The summed E-state index contributed by atoms with van der Waals surface area (Å²) < 4.78 is 16.7. The highest BCUT2D eigenvalue weighted by atomic mass is 16.7. The average molecular weight is 248 g/mol. The SMILES string of the molecule is CC1(C)OC[C@H](/C=C/COCc2ccccc2)O1. The van der Waals surface area contributed by atoms with Gasteiger partial charge in [0.15, 0.2) is 5.79 Å². The van der Waals surface area contributed by atoms with Crippen molar-refractivity contribution in [3.05, 3.63) is 48.0 Å². The summed E-state index contributed by atoms with van der Waals surface area (Å²) >= 11 is 0. The highest BCUT2D eigenvalue weighted by Gasteiger charge is 2.30. The Labute approximate surface area is 108 Å². The predicted molar refractivity (Wildman–Crippen MR) is 70.1 cm³/mol. The van der Waals surface area contributed by atoms with Crippen LogP contribution in [0.1, 0.15) is 19.4 Å².